The molecule has 0 N–H and O–H groups in total. The van der Waals surface area contributed by atoms with Crippen molar-refractivity contribution < 1.29 is 9.47 Å². The van der Waals surface area contributed by atoms with Crippen LogP contribution in [0.25, 0.3) is 0 Å². The van der Waals surface area contributed by atoms with Gasteiger partial charge < -0.3 is 14.0 Å². The van der Waals surface area contributed by atoms with Gasteiger partial charge in [0.15, 0.2) is 11.5 Å². The highest BCUT2D eigenvalue weighted by molar-refractivity contribution is 5.44. The summed E-state index contributed by atoms with van der Waals surface area (Å²) in [4.78, 5) is 6.67. The molecule has 2 heterocycles. The molecule has 0 unspecified atom stereocenters. The Labute approximate surface area is 131 Å². The van der Waals surface area contributed by atoms with E-state index in [2.05, 4.69) is 47.6 Å². The van der Waals surface area contributed by atoms with Gasteiger partial charge in [0.1, 0.15) is 19.0 Å². The number of imidazole rings is 1. The highest BCUT2D eigenvalue weighted by atomic mass is 16.6. The van der Waals surface area contributed by atoms with Crippen molar-refractivity contribution >= 4 is 0 Å². The molecule has 2 aromatic rings. The van der Waals surface area contributed by atoms with E-state index in [9.17, 15) is 0 Å². The molecule has 0 aliphatic carbocycles. The number of rotatable bonds is 4. The lowest BCUT2D eigenvalue weighted by Gasteiger charge is -2.26. The van der Waals surface area contributed by atoms with Gasteiger partial charge in [0.25, 0.3) is 0 Å². The van der Waals surface area contributed by atoms with E-state index in [1.165, 1.54) is 11.3 Å². The molecule has 1 aromatic carbocycles. The van der Waals surface area contributed by atoms with E-state index in [-0.39, 0.29) is 6.04 Å². The van der Waals surface area contributed by atoms with Crippen LogP contribution in [0.1, 0.15) is 30.0 Å². The number of aryl methyl sites for hydroxylation is 1. The number of fused-ring (bicyclic) bond motifs is 1. The number of hydrogen-bond donors (Lipinski definition) is 0. The SMILES string of the molecule is Cc1ncc(CN(C)[C@H](C)c2ccc3c(c2)OCCO3)n1C. The fourth-order valence-electron chi connectivity index (χ4n) is 2.66. The van der Waals surface area contributed by atoms with Gasteiger partial charge in [0.05, 0.1) is 5.69 Å². The average molecular weight is 301 g/mol. The van der Waals surface area contributed by atoms with E-state index in [0.29, 0.717) is 13.2 Å². The standard InChI is InChI=1S/C17H23N3O2/c1-12(19(3)11-15-10-18-13(2)20(15)4)14-5-6-16-17(9-14)22-8-7-21-16/h5-6,9-10,12H,7-8,11H2,1-4H3/t12-/m1/s1. The lowest BCUT2D eigenvalue weighted by Crippen LogP contribution is -2.23. The van der Waals surface area contributed by atoms with Crippen LogP contribution in [0.3, 0.4) is 0 Å². The molecule has 1 aliphatic heterocycles. The van der Waals surface area contributed by atoms with Crippen molar-refractivity contribution in [2.75, 3.05) is 20.3 Å². The van der Waals surface area contributed by atoms with Gasteiger partial charge in [0, 0.05) is 25.8 Å². The normalized spacial score (nSPS) is 15.1. The molecule has 0 amide bonds. The van der Waals surface area contributed by atoms with Crippen LogP contribution in [0.5, 0.6) is 11.5 Å². The van der Waals surface area contributed by atoms with Crippen molar-refractivity contribution in [2.24, 2.45) is 7.05 Å². The van der Waals surface area contributed by atoms with E-state index < -0.39 is 0 Å². The predicted molar refractivity (Wildman–Crippen MR) is 85.3 cm³/mol. The quantitative estimate of drug-likeness (QED) is 0.870. The van der Waals surface area contributed by atoms with Crippen molar-refractivity contribution in [3.8, 4) is 11.5 Å². The fourth-order valence-corrected chi connectivity index (χ4v) is 2.66. The number of nitrogens with zero attached hydrogens (tertiary/aromatic N) is 3. The van der Waals surface area contributed by atoms with Gasteiger partial charge >= 0.3 is 0 Å². The fraction of sp³-hybridized carbons (Fsp3) is 0.471. The summed E-state index contributed by atoms with van der Waals surface area (Å²) in [5, 5.41) is 0. The van der Waals surface area contributed by atoms with Gasteiger partial charge in [-0.25, -0.2) is 4.98 Å². The lowest BCUT2D eigenvalue weighted by molar-refractivity contribution is 0.170. The van der Waals surface area contributed by atoms with Crippen LogP contribution in [0.15, 0.2) is 24.4 Å². The summed E-state index contributed by atoms with van der Waals surface area (Å²) in [5.41, 5.74) is 2.44. The first-order chi connectivity index (χ1) is 10.6. The summed E-state index contributed by atoms with van der Waals surface area (Å²) in [6.07, 6.45) is 1.95. The molecule has 3 rings (SSSR count). The predicted octanol–water partition coefficient (Wildman–Crippen LogP) is 2.69. The van der Waals surface area contributed by atoms with Gasteiger partial charge in [-0.1, -0.05) is 6.07 Å². The number of benzene rings is 1. The second kappa shape index (κ2) is 6.01. The molecular weight excluding hydrogens is 278 g/mol. The molecule has 0 saturated heterocycles. The zero-order chi connectivity index (χ0) is 15.7. The Balaban J connectivity index is 1.75. The molecule has 5 nitrogen and oxygen atoms in total. The summed E-state index contributed by atoms with van der Waals surface area (Å²) in [5.74, 6) is 2.72. The number of ether oxygens (including phenoxy) is 2. The summed E-state index contributed by atoms with van der Waals surface area (Å²) in [6.45, 7) is 6.33. The number of hydrogen-bond acceptors (Lipinski definition) is 4. The van der Waals surface area contributed by atoms with Crippen molar-refractivity contribution in [3.05, 3.63) is 41.5 Å². The van der Waals surface area contributed by atoms with Crippen molar-refractivity contribution in [1.29, 1.82) is 0 Å². The first kappa shape index (κ1) is 14.9. The Hall–Kier alpha value is -2.01. The van der Waals surface area contributed by atoms with Crippen LogP contribution >= 0.6 is 0 Å². The largest absolute Gasteiger partial charge is 0.486 e. The molecule has 0 fully saturated rings. The molecule has 1 atom stereocenters. The maximum absolute atomic E-state index is 5.68. The first-order valence-corrected chi connectivity index (χ1v) is 7.63. The third kappa shape index (κ3) is 2.81. The minimum absolute atomic E-state index is 0.283. The third-order valence-corrected chi connectivity index (χ3v) is 4.44. The Kier molecular flexibility index (Phi) is 4.07. The molecule has 118 valence electrons. The van der Waals surface area contributed by atoms with E-state index in [4.69, 9.17) is 9.47 Å². The zero-order valence-electron chi connectivity index (χ0n) is 13.7. The monoisotopic (exact) mass is 301 g/mol. The second-order valence-corrected chi connectivity index (χ2v) is 5.85. The smallest absolute Gasteiger partial charge is 0.161 e. The van der Waals surface area contributed by atoms with Crippen LogP contribution in [0, 0.1) is 6.92 Å². The Morgan fingerprint density at radius 2 is 2.00 bits per heavy atom. The molecule has 0 bridgehead atoms. The summed E-state index contributed by atoms with van der Waals surface area (Å²) in [6, 6.07) is 6.49. The van der Waals surface area contributed by atoms with Gasteiger partial charge in [-0.3, -0.25) is 4.90 Å². The maximum atomic E-state index is 5.68. The van der Waals surface area contributed by atoms with Gasteiger partial charge in [0.2, 0.25) is 0 Å². The third-order valence-electron chi connectivity index (χ3n) is 4.44. The maximum Gasteiger partial charge on any atom is 0.161 e. The highest BCUT2D eigenvalue weighted by Gasteiger charge is 2.18. The van der Waals surface area contributed by atoms with Gasteiger partial charge in [-0.05, 0) is 38.6 Å². The summed E-state index contributed by atoms with van der Waals surface area (Å²) < 4.78 is 13.4. The second-order valence-electron chi connectivity index (χ2n) is 5.85. The van der Waals surface area contributed by atoms with E-state index in [1.54, 1.807) is 0 Å². The lowest BCUT2D eigenvalue weighted by atomic mass is 10.1. The van der Waals surface area contributed by atoms with Crippen molar-refractivity contribution in [1.82, 2.24) is 14.5 Å². The van der Waals surface area contributed by atoms with Gasteiger partial charge in [-0.15, -0.1) is 0 Å². The molecule has 22 heavy (non-hydrogen) atoms. The molecule has 0 spiro atoms. The topological polar surface area (TPSA) is 39.5 Å². The number of aromatic nitrogens is 2. The molecule has 1 aromatic heterocycles. The minimum Gasteiger partial charge on any atom is -0.486 e. The Morgan fingerprint density at radius 3 is 2.68 bits per heavy atom. The van der Waals surface area contributed by atoms with Crippen molar-refractivity contribution in [2.45, 2.75) is 26.4 Å². The van der Waals surface area contributed by atoms with Crippen molar-refractivity contribution in [3.63, 3.8) is 0 Å². The molecule has 1 aliphatic rings. The Morgan fingerprint density at radius 1 is 1.27 bits per heavy atom. The van der Waals surface area contributed by atoms with Crippen LogP contribution in [-0.4, -0.2) is 34.7 Å². The highest BCUT2D eigenvalue weighted by Crippen LogP contribution is 2.34. The summed E-state index contributed by atoms with van der Waals surface area (Å²) in [7, 11) is 4.18. The average Bonchev–Trinajstić information content (AvgIpc) is 2.85. The van der Waals surface area contributed by atoms with Gasteiger partial charge in [-0.2, -0.15) is 0 Å². The molecular formula is C17H23N3O2. The molecule has 0 radical (unpaired) electrons. The Bertz CT molecular complexity index is 666. The minimum atomic E-state index is 0.283. The zero-order valence-corrected chi connectivity index (χ0v) is 13.7. The molecule has 0 saturated carbocycles. The van der Waals surface area contributed by atoms with E-state index >= 15 is 0 Å². The van der Waals surface area contributed by atoms with Crippen LogP contribution < -0.4 is 9.47 Å². The van der Waals surface area contributed by atoms with Crippen LogP contribution in [0.2, 0.25) is 0 Å². The molecule has 5 heteroatoms. The van der Waals surface area contributed by atoms with E-state index in [1.807, 2.05) is 19.2 Å². The van der Waals surface area contributed by atoms with E-state index in [0.717, 1.165) is 23.9 Å². The summed E-state index contributed by atoms with van der Waals surface area (Å²) >= 11 is 0. The first-order valence-electron chi connectivity index (χ1n) is 7.63. The van der Waals surface area contributed by atoms with Crippen LogP contribution in [-0.2, 0) is 13.6 Å². The van der Waals surface area contributed by atoms with Crippen LogP contribution in [0.4, 0.5) is 0 Å².